The molecule has 1 aliphatic rings. The number of aliphatic carboxylic acids is 1. The first kappa shape index (κ1) is 28.4. The van der Waals surface area contributed by atoms with E-state index in [2.05, 4.69) is 56.0 Å². The Morgan fingerprint density at radius 3 is 2.42 bits per heavy atom. The summed E-state index contributed by atoms with van der Waals surface area (Å²) in [7, 11) is -1.24. The topological polar surface area (TPSA) is 73.6 Å². The molecular weight excluding hydrogens is 540 g/mol. The van der Waals surface area contributed by atoms with Gasteiger partial charge >= 0.3 is 5.97 Å². The van der Waals surface area contributed by atoms with Crippen LogP contribution in [-0.2, 0) is 16.3 Å². The van der Waals surface area contributed by atoms with E-state index in [0.717, 1.165) is 52.2 Å². The highest BCUT2D eigenvalue weighted by Gasteiger charge is 2.29. The van der Waals surface area contributed by atoms with Gasteiger partial charge in [0.1, 0.15) is 12.8 Å². The number of carboxylic acids is 1. The number of carbonyl (C=O) groups is 1. The Balaban J connectivity index is 1.45. The number of ether oxygens (including phenoxy) is 2. The molecule has 210 valence electrons. The van der Waals surface area contributed by atoms with Crippen molar-refractivity contribution in [2.75, 3.05) is 6.61 Å². The summed E-state index contributed by atoms with van der Waals surface area (Å²) in [5.41, 5.74) is 5.81. The van der Waals surface area contributed by atoms with Gasteiger partial charge in [-0.2, -0.15) is 4.98 Å². The minimum Gasteiger partial charge on any atom is -0.481 e. The lowest BCUT2D eigenvalue weighted by Gasteiger charge is -2.27. The van der Waals surface area contributed by atoms with Gasteiger partial charge in [0, 0.05) is 20.2 Å². The molecule has 1 aliphatic carbocycles. The lowest BCUT2D eigenvalue weighted by Crippen LogP contribution is -2.30. The predicted molar refractivity (Wildman–Crippen MR) is 164 cm³/mol. The lowest BCUT2D eigenvalue weighted by molar-refractivity contribution is -0.144. The normalized spacial score (nSPS) is 17.7. The maximum atomic E-state index is 11.6. The SMILES string of the molecule is C[Si](C)(C)CCOCn1c(OC2CCCC(C(=O)O)C2)nc2cc(-c3ccc(-c4ccccc4)cc3)c(Cl)cc21. The maximum Gasteiger partial charge on any atom is 0.306 e. The van der Waals surface area contributed by atoms with E-state index in [1.165, 1.54) is 0 Å². The lowest BCUT2D eigenvalue weighted by atomic mass is 9.87. The number of aromatic nitrogens is 2. The van der Waals surface area contributed by atoms with E-state index in [-0.39, 0.29) is 12.0 Å². The number of hydrogen-bond acceptors (Lipinski definition) is 4. The maximum absolute atomic E-state index is 11.6. The summed E-state index contributed by atoms with van der Waals surface area (Å²) in [4.78, 5) is 16.5. The zero-order valence-corrected chi connectivity index (χ0v) is 25.2. The molecule has 1 aromatic heterocycles. The summed E-state index contributed by atoms with van der Waals surface area (Å²) < 4.78 is 14.4. The van der Waals surface area contributed by atoms with Gasteiger partial charge in [0.05, 0.1) is 22.0 Å². The third-order valence-electron chi connectivity index (χ3n) is 7.57. The number of nitrogens with zero attached hydrogens (tertiary/aromatic N) is 2. The first-order valence-corrected chi connectivity index (χ1v) is 18.1. The van der Waals surface area contributed by atoms with Gasteiger partial charge in [-0.25, -0.2) is 0 Å². The fourth-order valence-corrected chi connectivity index (χ4v) is 6.22. The Kier molecular flexibility index (Phi) is 8.64. The molecule has 0 aliphatic heterocycles. The largest absolute Gasteiger partial charge is 0.481 e. The van der Waals surface area contributed by atoms with E-state index in [1.54, 1.807) is 0 Å². The summed E-state index contributed by atoms with van der Waals surface area (Å²) >= 11 is 6.86. The second kappa shape index (κ2) is 12.2. The Morgan fingerprint density at radius 1 is 1.02 bits per heavy atom. The van der Waals surface area contributed by atoms with E-state index in [9.17, 15) is 9.90 Å². The molecule has 0 bridgehead atoms. The smallest absolute Gasteiger partial charge is 0.306 e. The Labute approximate surface area is 241 Å². The van der Waals surface area contributed by atoms with Crippen LogP contribution in [0.3, 0.4) is 0 Å². The van der Waals surface area contributed by atoms with Crippen molar-refractivity contribution in [2.45, 2.75) is 64.2 Å². The molecule has 1 heterocycles. The number of benzene rings is 3. The molecule has 5 rings (SSSR count). The Bertz CT molecular complexity index is 1460. The third-order valence-corrected chi connectivity index (χ3v) is 9.59. The number of hydrogen-bond donors (Lipinski definition) is 1. The van der Waals surface area contributed by atoms with Crippen LogP contribution in [0.15, 0.2) is 66.7 Å². The van der Waals surface area contributed by atoms with Crippen LogP contribution in [0.5, 0.6) is 6.01 Å². The van der Waals surface area contributed by atoms with Gasteiger partial charge in [-0.3, -0.25) is 9.36 Å². The molecule has 4 aromatic rings. The molecule has 1 N–H and O–H groups in total. The first-order chi connectivity index (χ1) is 19.2. The summed E-state index contributed by atoms with van der Waals surface area (Å²) in [5, 5.41) is 10.2. The van der Waals surface area contributed by atoms with Crippen LogP contribution in [0.25, 0.3) is 33.3 Å². The molecule has 6 nitrogen and oxygen atoms in total. The van der Waals surface area contributed by atoms with E-state index in [0.29, 0.717) is 37.2 Å². The van der Waals surface area contributed by atoms with Crippen LogP contribution in [0.2, 0.25) is 30.7 Å². The van der Waals surface area contributed by atoms with Gasteiger partial charge < -0.3 is 14.6 Å². The molecule has 0 saturated heterocycles. The summed E-state index contributed by atoms with van der Waals surface area (Å²) in [6, 6.07) is 24.1. The average Bonchev–Trinajstić information content (AvgIpc) is 3.26. The van der Waals surface area contributed by atoms with Crippen molar-refractivity contribution < 1.29 is 19.4 Å². The Hall–Kier alpha value is -3.13. The molecule has 1 fully saturated rings. The number of halogens is 1. The molecule has 2 atom stereocenters. The average molecular weight is 577 g/mol. The predicted octanol–water partition coefficient (Wildman–Crippen LogP) is 8.36. The Morgan fingerprint density at radius 2 is 1.73 bits per heavy atom. The van der Waals surface area contributed by atoms with Gasteiger partial charge in [-0.05, 0) is 60.6 Å². The second-order valence-electron chi connectivity index (χ2n) is 11.9. The van der Waals surface area contributed by atoms with Crippen molar-refractivity contribution in [3.05, 3.63) is 71.8 Å². The molecular formula is C32H37ClN2O4Si. The van der Waals surface area contributed by atoms with E-state index >= 15 is 0 Å². The molecule has 0 amide bonds. The fourth-order valence-electron chi connectivity index (χ4n) is 5.19. The number of rotatable bonds is 10. The monoisotopic (exact) mass is 576 g/mol. The molecule has 40 heavy (non-hydrogen) atoms. The minimum absolute atomic E-state index is 0.201. The van der Waals surface area contributed by atoms with Gasteiger partial charge in [0.2, 0.25) is 0 Å². The van der Waals surface area contributed by atoms with Crippen LogP contribution in [0, 0.1) is 5.92 Å². The van der Waals surface area contributed by atoms with Gasteiger partial charge in [-0.15, -0.1) is 0 Å². The van der Waals surface area contributed by atoms with Crippen LogP contribution < -0.4 is 4.74 Å². The summed E-state index contributed by atoms with van der Waals surface area (Å²) in [6.45, 7) is 7.94. The van der Waals surface area contributed by atoms with Gasteiger partial charge in [0.15, 0.2) is 0 Å². The van der Waals surface area contributed by atoms with Crippen LogP contribution >= 0.6 is 11.6 Å². The summed E-state index contributed by atoms with van der Waals surface area (Å²) in [5.74, 6) is -1.14. The molecule has 3 aromatic carbocycles. The molecule has 8 heteroatoms. The highest BCUT2D eigenvalue weighted by Crippen LogP contribution is 2.36. The highest BCUT2D eigenvalue weighted by molar-refractivity contribution is 6.76. The van der Waals surface area contributed by atoms with Crippen LogP contribution in [0.4, 0.5) is 0 Å². The molecule has 2 unspecified atom stereocenters. The highest BCUT2D eigenvalue weighted by atomic mass is 35.5. The van der Waals surface area contributed by atoms with Crippen LogP contribution in [0.1, 0.15) is 25.7 Å². The van der Waals surface area contributed by atoms with Crippen LogP contribution in [-0.4, -0.2) is 41.4 Å². The number of carboxylic acid groups (broad SMARTS) is 1. The van der Waals surface area contributed by atoms with Crippen molar-refractivity contribution >= 4 is 36.7 Å². The van der Waals surface area contributed by atoms with Gasteiger partial charge in [0.25, 0.3) is 6.01 Å². The zero-order valence-electron chi connectivity index (χ0n) is 23.4. The van der Waals surface area contributed by atoms with Crippen molar-refractivity contribution in [1.29, 1.82) is 0 Å². The zero-order chi connectivity index (χ0) is 28.3. The molecule has 0 radical (unpaired) electrons. The molecule has 1 saturated carbocycles. The minimum atomic E-state index is -1.24. The van der Waals surface area contributed by atoms with Crippen molar-refractivity contribution in [2.24, 2.45) is 5.92 Å². The third kappa shape index (κ3) is 6.77. The molecule has 0 spiro atoms. The first-order valence-electron chi connectivity index (χ1n) is 14.0. The standard InChI is InChI=1S/C32H37ClN2O4Si/c1-40(2,3)17-16-38-21-35-30-20-28(33)27(24-14-12-23(13-15-24)22-8-5-4-6-9-22)19-29(30)34-32(35)39-26-11-7-10-25(18-26)31(36)37/h4-6,8-9,12-15,19-20,25-26H,7,10-11,16-18,21H2,1-3H3,(H,36,37). The van der Waals surface area contributed by atoms with Crippen molar-refractivity contribution in [3.63, 3.8) is 0 Å². The van der Waals surface area contributed by atoms with E-state index in [4.69, 9.17) is 26.1 Å². The fraction of sp³-hybridized carbons (Fsp3) is 0.375. The van der Waals surface area contributed by atoms with Crippen molar-refractivity contribution in [1.82, 2.24) is 9.55 Å². The summed E-state index contributed by atoms with van der Waals surface area (Å²) in [6.07, 6.45) is 2.60. The second-order valence-corrected chi connectivity index (χ2v) is 17.9. The quantitative estimate of drug-likeness (QED) is 0.152. The van der Waals surface area contributed by atoms with Crippen molar-refractivity contribution in [3.8, 4) is 28.3 Å². The van der Waals surface area contributed by atoms with E-state index in [1.807, 2.05) is 34.9 Å². The number of fused-ring (bicyclic) bond motifs is 1. The number of imidazole rings is 1. The van der Waals surface area contributed by atoms with Gasteiger partial charge in [-0.1, -0.05) is 85.8 Å². The van der Waals surface area contributed by atoms with E-state index < -0.39 is 14.0 Å².